The summed E-state index contributed by atoms with van der Waals surface area (Å²) in [6.45, 7) is 7.14. The van der Waals surface area contributed by atoms with Gasteiger partial charge in [0.15, 0.2) is 0 Å². The van der Waals surface area contributed by atoms with E-state index < -0.39 is 10.0 Å². The van der Waals surface area contributed by atoms with Gasteiger partial charge in [0.1, 0.15) is 4.90 Å². The number of aryl methyl sites for hydroxylation is 3. The molecule has 3 aromatic heterocycles. The number of thiophene rings is 1. The first-order valence-corrected chi connectivity index (χ1v) is 11.6. The Balaban J connectivity index is 1.56. The van der Waals surface area contributed by atoms with Crippen molar-refractivity contribution in [3.8, 4) is 10.8 Å². The van der Waals surface area contributed by atoms with E-state index in [0.29, 0.717) is 37.1 Å². The van der Waals surface area contributed by atoms with Gasteiger partial charge in [-0.2, -0.15) is 9.40 Å². The largest absolute Gasteiger partial charge is 0.420 e. The first-order valence-electron chi connectivity index (χ1n) is 9.33. The molecule has 1 aliphatic heterocycles. The van der Waals surface area contributed by atoms with E-state index >= 15 is 0 Å². The average Bonchev–Trinajstić information content (AvgIpc) is 3.41. The van der Waals surface area contributed by atoms with Crippen molar-refractivity contribution in [1.82, 2.24) is 24.3 Å². The summed E-state index contributed by atoms with van der Waals surface area (Å²) in [6.07, 6.45) is 3.18. The lowest BCUT2D eigenvalue weighted by atomic mass is 10.00. The first kappa shape index (κ1) is 19.3. The summed E-state index contributed by atoms with van der Waals surface area (Å²) in [5.74, 6) is 0.891. The molecular weight excluding hydrogens is 398 g/mol. The van der Waals surface area contributed by atoms with Crippen LogP contribution >= 0.6 is 11.3 Å². The van der Waals surface area contributed by atoms with Crippen LogP contribution in [0.5, 0.6) is 0 Å². The van der Waals surface area contributed by atoms with E-state index in [1.54, 1.807) is 29.1 Å². The van der Waals surface area contributed by atoms with Gasteiger partial charge in [-0.15, -0.1) is 21.5 Å². The van der Waals surface area contributed by atoms with Crippen molar-refractivity contribution in [2.75, 3.05) is 13.1 Å². The van der Waals surface area contributed by atoms with Crippen LogP contribution in [0.3, 0.4) is 0 Å². The molecule has 0 radical (unpaired) electrons. The molecule has 0 unspecified atom stereocenters. The van der Waals surface area contributed by atoms with Gasteiger partial charge in [-0.05, 0) is 45.7 Å². The van der Waals surface area contributed by atoms with Crippen LogP contribution in [0.2, 0.25) is 0 Å². The Labute approximate surface area is 168 Å². The lowest BCUT2D eigenvalue weighted by Crippen LogP contribution is -2.39. The van der Waals surface area contributed by atoms with E-state index in [9.17, 15) is 8.42 Å². The highest BCUT2D eigenvalue weighted by Crippen LogP contribution is 2.33. The predicted molar refractivity (Wildman–Crippen MR) is 106 cm³/mol. The van der Waals surface area contributed by atoms with Gasteiger partial charge >= 0.3 is 0 Å². The van der Waals surface area contributed by atoms with Crippen molar-refractivity contribution in [3.05, 3.63) is 34.8 Å². The van der Waals surface area contributed by atoms with Crippen LogP contribution in [-0.2, 0) is 16.6 Å². The number of hydrogen-bond acceptors (Lipinski definition) is 7. The Morgan fingerprint density at radius 1 is 1.29 bits per heavy atom. The zero-order valence-electron chi connectivity index (χ0n) is 16.1. The summed E-state index contributed by atoms with van der Waals surface area (Å²) >= 11 is 1.60. The van der Waals surface area contributed by atoms with Crippen LogP contribution in [-0.4, -0.2) is 45.8 Å². The molecule has 4 heterocycles. The van der Waals surface area contributed by atoms with Crippen LogP contribution < -0.4 is 0 Å². The molecule has 28 heavy (non-hydrogen) atoms. The second-order valence-corrected chi connectivity index (χ2v) is 10.2. The highest BCUT2D eigenvalue weighted by molar-refractivity contribution is 7.89. The van der Waals surface area contributed by atoms with Crippen LogP contribution in [0.4, 0.5) is 0 Å². The van der Waals surface area contributed by atoms with E-state index in [2.05, 4.69) is 15.3 Å². The summed E-state index contributed by atoms with van der Waals surface area (Å²) in [6, 6.07) is 3.97. The molecule has 150 valence electrons. The van der Waals surface area contributed by atoms with E-state index in [1.807, 2.05) is 26.0 Å². The third-order valence-corrected chi connectivity index (χ3v) is 7.93. The molecule has 10 heteroatoms. The second kappa shape index (κ2) is 7.41. The third kappa shape index (κ3) is 3.51. The molecule has 8 nitrogen and oxygen atoms in total. The van der Waals surface area contributed by atoms with Crippen LogP contribution in [0.15, 0.2) is 27.6 Å². The Bertz CT molecular complexity index is 1080. The molecule has 1 aliphatic rings. The molecule has 3 aromatic rings. The molecule has 0 saturated carbocycles. The van der Waals surface area contributed by atoms with Gasteiger partial charge in [0.05, 0.1) is 16.5 Å². The third-order valence-electron chi connectivity index (χ3n) is 4.97. The van der Waals surface area contributed by atoms with Gasteiger partial charge in [0.25, 0.3) is 5.89 Å². The van der Waals surface area contributed by atoms with Gasteiger partial charge in [-0.25, -0.2) is 8.42 Å². The highest BCUT2D eigenvalue weighted by atomic mass is 32.2. The summed E-state index contributed by atoms with van der Waals surface area (Å²) in [7, 11) is -3.60. The SMILES string of the molecule is CCn1cc(S(=O)(=O)N2CCC[C@@H](c3nnc(-c4ccc(C)s4)o3)C2)c(C)n1. The Morgan fingerprint density at radius 3 is 2.79 bits per heavy atom. The predicted octanol–water partition coefficient (Wildman–Crippen LogP) is 3.20. The Kier molecular flexibility index (Phi) is 5.11. The second-order valence-electron chi connectivity index (χ2n) is 6.99. The maximum absolute atomic E-state index is 13.2. The van der Waals surface area contributed by atoms with Gasteiger partial charge in [-0.1, -0.05) is 0 Å². The van der Waals surface area contributed by atoms with Crippen molar-refractivity contribution >= 4 is 21.4 Å². The van der Waals surface area contributed by atoms with Crippen molar-refractivity contribution in [3.63, 3.8) is 0 Å². The van der Waals surface area contributed by atoms with Crippen LogP contribution in [0.1, 0.15) is 42.1 Å². The minimum Gasteiger partial charge on any atom is -0.420 e. The molecule has 0 N–H and O–H groups in total. The molecule has 0 bridgehead atoms. The zero-order chi connectivity index (χ0) is 19.9. The van der Waals surface area contributed by atoms with Crippen LogP contribution in [0, 0.1) is 13.8 Å². The molecular formula is C18H23N5O3S2. The van der Waals surface area contributed by atoms with E-state index in [4.69, 9.17) is 4.42 Å². The standard InChI is InChI=1S/C18H23N5O3S2/c1-4-22-11-16(13(3)21-22)28(24,25)23-9-5-6-14(10-23)17-19-20-18(26-17)15-8-7-12(2)27-15/h7-8,11,14H,4-6,9-10H2,1-3H3/t14-/m1/s1. The van der Waals surface area contributed by atoms with Crippen molar-refractivity contribution in [1.29, 1.82) is 0 Å². The molecule has 1 fully saturated rings. The molecule has 0 aliphatic carbocycles. The fraction of sp³-hybridized carbons (Fsp3) is 0.500. The van der Waals surface area contributed by atoms with E-state index in [-0.39, 0.29) is 10.8 Å². The summed E-state index contributed by atoms with van der Waals surface area (Å²) in [5.41, 5.74) is 0.525. The monoisotopic (exact) mass is 421 g/mol. The molecule has 0 spiro atoms. The molecule has 4 rings (SSSR count). The lowest BCUT2D eigenvalue weighted by Gasteiger charge is -2.29. The number of rotatable bonds is 5. The molecule has 1 saturated heterocycles. The topological polar surface area (TPSA) is 94.1 Å². The average molecular weight is 422 g/mol. The van der Waals surface area contributed by atoms with Crippen molar-refractivity contribution < 1.29 is 12.8 Å². The Hall–Kier alpha value is -2.04. The fourth-order valence-corrected chi connectivity index (χ4v) is 5.95. The van der Waals surface area contributed by atoms with E-state index in [1.165, 1.54) is 9.18 Å². The molecule has 0 aromatic carbocycles. The summed E-state index contributed by atoms with van der Waals surface area (Å²) in [5, 5.41) is 12.6. The number of hydrogen-bond donors (Lipinski definition) is 0. The summed E-state index contributed by atoms with van der Waals surface area (Å²) in [4.78, 5) is 2.38. The van der Waals surface area contributed by atoms with E-state index in [0.717, 1.165) is 17.7 Å². The summed E-state index contributed by atoms with van der Waals surface area (Å²) < 4.78 is 35.4. The number of aromatic nitrogens is 4. The quantitative estimate of drug-likeness (QED) is 0.628. The smallest absolute Gasteiger partial charge is 0.257 e. The van der Waals surface area contributed by atoms with Gasteiger partial charge < -0.3 is 4.42 Å². The van der Waals surface area contributed by atoms with Crippen molar-refractivity contribution in [2.24, 2.45) is 0 Å². The lowest BCUT2D eigenvalue weighted by molar-refractivity contribution is 0.286. The molecule has 1 atom stereocenters. The van der Waals surface area contributed by atoms with Gasteiger partial charge in [0, 0.05) is 30.7 Å². The highest BCUT2D eigenvalue weighted by Gasteiger charge is 2.35. The van der Waals surface area contributed by atoms with Crippen molar-refractivity contribution in [2.45, 2.75) is 51.0 Å². The Morgan fingerprint density at radius 2 is 2.11 bits per heavy atom. The maximum Gasteiger partial charge on any atom is 0.257 e. The normalized spacial score (nSPS) is 18.6. The minimum atomic E-state index is -3.60. The minimum absolute atomic E-state index is 0.104. The van der Waals surface area contributed by atoms with Gasteiger partial charge in [-0.3, -0.25) is 4.68 Å². The van der Waals surface area contributed by atoms with Gasteiger partial charge in [0.2, 0.25) is 15.9 Å². The number of piperidine rings is 1. The first-order chi connectivity index (χ1) is 13.4. The number of nitrogens with zero attached hydrogens (tertiary/aromatic N) is 5. The maximum atomic E-state index is 13.2. The van der Waals surface area contributed by atoms with Crippen LogP contribution in [0.25, 0.3) is 10.8 Å². The fourth-order valence-electron chi connectivity index (χ4n) is 3.46. The molecule has 0 amide bonds. The zero-order valence-corrected chi connectivity index (χ0v) is 17.8. The number of sulfonamides is 1.